The molecule has 0 amide bonds. The third-order valence-corrected chi connectivity index (χ3v) is 5.26. The molecule has 6 heteroatoms. The van der Waals surface area contributed by atoms with Crippen LogP contribution in [-0.4, -0.2) is 37.0 Å². The van der Waals surface area contributed by atoms with Gasteiger partial charge in [-0.05, 0) is 32.9 Å². The molecule has 0 spiro atoms. The van der Waals surface area contributed by atoms with Crippen LogP contribution < -0.4 is 0 Å². The molecular weight excluding hydrogens is 246 g/mol. The predicted molar refractivity (Wildman–Crippen MR) is 65.2 cm³/mol. The lowest BCUT2D eigenvalue weighted by atomic mass is 10.1. The van der Waals surface area contributed by atoms with Crippen LogP contribution in [0.3, 0.4) is 0 Å². The number of hydrogen-bond acceptors (Lipinski definition) is 4. The first-order chi connectivity index (χ1) is 7.13. The third-order valence-electron chi connectivity index (χ3n) is 1.99. The van der Waals surface area contributed by atoms with Crippen LogP contribution in [0.2, 0.25) is 0 Å². The van der Waals surface area contributed by atoms with E-state index in [2.05, 4.69) is 0 Å². The largest absolute Gasteiger partial charge is 0.389 e. The fourth-order valence-electron chi connectivity index (χ4n) is 1.33. The Morgan fingerprint density at radius 1 is 1.44 bits per heavy atom. The molecule has 1 aromatic heterocycles. The van der Waals surface area contributed by atoms with Crippen molar-refractivity contribution in [1.29, 1.82) is 0 Å². The first kappa shape index (κ1) is 13.6. The summed E-state index contributed by atoms with van der Waals surface area (Å²) in [6.45, 7) is 5.10. The highest BCUT2D eigenvalue weighted by Gasteiger charge is 2.27. The van der Waals surface area contributed by atoms with E-state index in [0.29, 0.717) is 4.21 Å². The Labute approximate surface area is 101 Å². The lowest BCUT2D eigenvalue weighted by Crippen LogP contribution is -2.39. The number of aryl methyl sites for hydroxylation is 1. The van der Waals surface area contributed by atoms with Crippen LogP contribution in [-0.2, 0) is 10.0 Å². The molecule has 0 aliphatic heterocycles. The van der Waals surface area contributed by atoms with Crippen molar-refractivity contribution in [2.24, 2.45) is 0 Å². The fraction of sp³-hybridized carbons (Fsp3) is 0.600. The van der Waals surface area contributed by atoms with Crippen molar-refractivity contribution in [2.45, 2.75) is 30.6 Å². The maximum Gasteiger partial charge on any atom is 0.252 e. The van der Waals surface area contributed by atoms with Gasteiger partial charge in [-0.25, -0.2) is 8.42 Å². The number of aliphatic hydroxyl groups is 1. The number of hydrogen-bond donors (Lipinski definition) is 1. The summed E-state index contributed by atoms with van der Waals surface area (Å²) < 4.78 is 25.6. The fourth-order valence-corrected chi connectivity index (χ4v) is 4.15. The molecule has 1 aromatic rings. The lowest BCUT2D eigenvalue weighted by Gasteiger charge is -2.24. The van der Waals surface area contributed by atoms with Crippen molar-refractivity contribution in [3.63, 3.8) is 0 Å². The van der Waals surface area contributed by atoms with Gasteiger partial charge in [-0.15, -0.1) is 11.3 Å². The molecule has 1 heterocycles. The third kappa shape index (κ3) is 3.28. The molecule has 0 aliphatic rings. The van der Waals surface area contributed by atoms with Gasteiger partial charge in [-0.3, -0.25) is 0 Å². The number of thiophene rings is 1. The van der Waals surface area contributed by atoms with Crippen LogP contribution in [0.15, 0.2) is 16.3 Å². The van der Waals surface area contributed by atoms with Crippen LogP contribution in [0.4, 0.5) is 0 Å². The molecule has 16 heavy (non-hydrogen) atoms. The van der Waals surface area contributed by atoms with E-state index in [0.717, 1.165) is 4.88 Å². The lowest BCUT2D eigenvalue weighted by molar-refractivity contribution is 0.0640. The molecule has 0 unspecified atom stereocenters. The Morgan fingerprint density at radius 2 is 2.00 bits per heavy atom. The van der Waals surface area contributed by atoms with Crippen molar-refractivity contribution < 1.29 is 13.5 Å². The summed E-state index contributed by atoms with van der Waals surface area (Å²) in [5.41, 5.74) is -1.03. The van der Waals surface area contributed by atoms with Crippen LogP contribution in [0.1, 0.15) is 18.7 Å². The van der Waals surface area contributed by atoms with Gasteiger partial charge >= 0.3 is 0 Å². The average molecular weight is 263 g/mol. The summed E-state index contributed by atoms with van der Waals surface area (Å²) in [6, 6.07) is 3.37. The summed E-state index contributed by atoms with van der Waals surface area (Å²) >= 11 is 1.24. The van der Waals surface area contributed by atoms with Gasteiger partial charge in [-0.2, -0.15) is 4.31 Å². The van der Waals surface area contributed by atoms with Gasteiger partial charge in [0.1, 0.15) is 4.21 Å². The van der Waals surface area contributed by atoms with E-state index in [1.165, 1.54) is 22.7 Å². The van der Waals surface area contributed by atoms with Gasteiger partial charge in [0.2, 0.25) is 0 Å². The monoisotopic (exact) mass is 263 g/mol. The zero-order valence-corrected chi connectivity index (χ0v) is 11.5. The van der Waals surface area contributed by atoms with E-state index in [-0.39, 0.29) is 6.54 Å². The smallest absolute Gasteiger partial charge is 0.252 e. The molecule has 0 saturated carbocycles. The van der Waals surface area contributed by atoms with E-state index in [1.807, 2.05) is 6.92 Å². The molecule has 0 aliphatic carbocycles. The zero-order valence-electron chi connectivity index (χ0n) is 9.89. The van der Waals surface area contributed by atoms with Gasteiger partial charge < -0.3 is 5.11 Å². The van der Waals surface area contributed by atoms with Gasteiger partial charge in [0.15, 0.2) is 0 Å². The van der Waals surface area contributed by atoms with Gasteiger partial charge in [0.25, 0.3) is 10.0 Å². The predicted octanol–water partition coefficient (Wildman–Crippen LogP) is 1.45. The number of rotatable bonds is 4. The van der Waals surface area contributed by atoms with Crippen molar-refractivity contribution >= 4 is 21.4 Å². The summed E-state index contributed by atoms with van der Waals surface area (Å²) in [7, 11) is -1.98. The second-order valence-corrected chi connectivity index (χ2v) is 8.00. The van der Waals surface area contributed by atoms with Crippen molar-refractivity contribution in [2.75, 3.05) is 13.6 Å². The highest BCUT2D eigenvalue weighted by Crippen LogP contribution is 2.24. The zero-order chi connectivity index (χ0) is 12.6. The molecule has 92 valence electrons. The minimum Gasteiger partial charge on any atom is -0.389 e. The highest BCUT2D eigenvalue weighted by atomic mass is 32.2. The van der Waals surface area contributed by atoms with E-state index < -0.39 is 15.6 Å². The molecule has 0 fully saturated rings. The van der Waals surface area contributed by atoms with E-state index in [4.69, 9.17) is 0 Å². The minimum absolute atomic E-state index is 0.0757. The van der Waals surface area contributed by atoms with Crippen LogP contribution >= 0.6 is 11.3 Å². The molecule has 0 saturated heterocycles. The molecule has 1 N–H and O–H groups in total. The number of likely N-dealkylation sites (N-methyl/N-ethyl adjacent to an activating group) is 1. The first-order valence-electron chi connectivity index (χ1n) is 4.88. The Hall–Kier alpha value is -0.430. The number of sulfonamides is 1. The summed E-state index contributed by atoms with van der Waals surface area (Å²) in [5, 5.41) is 9.60. The van der Waals surface area contributed by atoms with E-state index in [1.54, 1.807) is 26.0 Å². The normalized spacial score (nSPS) is 13.4. The molecule has 0 radical (unpaired) electrons. The molecular formula is C10H17NO3S2. The van der Waals surface area contributed by atoms with E-state index >= 15 is 0 Å². The highest BCUT2D eigenvalue weighted by molar-refractivity contribution is 7.91. The van der Waals surface area contributed by atoms with Crippen molar-refractivity contribution in [3.8, 4) is 0 Å². The second kappa shape index (κ2) is 4.44. The minimum atomic E-state index is -3.46. The topological polar surface area (TPSA) is 57.6 Å². The molecule has 0 bridgehead atoms. The van der Waals surface area contributed by atoms with E-state index in [9.17, 15) is 13.5 Å². The first-order valence-corrected chi connectivity index (χ1v) is 7.14. The number of nitrogens with zero attached hydrogens (tertiary/aromatic N) is 1. The van der Waals surface area contributed by atoms with Crippen molar-refractivity contribution in [1.82, 2.24) is 4.31 Å². The quantitative estimate of drug-likeness (QED) is 0.894. The Morgan fingerprint density at radius 3 is 2.38 bits per heavy atom. The van der Waals surface area contributed by atoms with Gasteiger partial charge in [0, 0.05) is 18.5 Å². The summed E-state index contributed by atoms with van der Waals surface area (Å²) in [5.74, 6) is 0. The van der Waals surface area contributed by atoms with Gasteiger partial charge in [-0.1, -0.05) is 0 Å². The summed E-state index contributed by atoms with van der Waals surface area (Å²) in [6.07, 6.45) is 0. The maximum atomic E-state index is 12.0. The van der Waals surface area contributed by atoms with Crippen LogP contribution in [0.25, 0.3) is 0 Å². The van der Waals surface area contributed by atoms with Gasteiger partial charge in [0.05, 0.1) is 5.60 Å². The second-order valence-electron chi connectivity index (χ2n) is 4.44. The molecule has 4 nitrogen and oxygen atoms in total. The molecule has 0 atom stereocenters. The Bertz CT molecular complexity index is 457. The Kier molecular flexibility index (Phi) is 3.79. The van der Waals surface area contributed by atoms with Crippen LogP contribution in [0.5, 0.6) is 0 Å². The maximum absolute atomic E-state index is 12.0. The molecule has 1 rings (SSSR count). The standard InChI is InChI=1S/C10H17NO3S2/c1-8-5-6-9(15-8)16(13,14)11(4)7-10(2,3)12/h5-6,12H,7H2,1-4H3. The molecule has 0 aromatic carbocycles. The Balaban J connectivity index is 2.95. The van der Waals surface area contributed by atoms with Crippen LogP contribution in [0, 0.1) is 6.92 Å². The SMILES string of the molecule is Cc1ccc(S(=O)(=O)N(C)CC(C)(C)O)s1. The average Bonchev–Trinajstić information content (AvgIpc) is 2.48. The van der Waals surface area contributed by atoms with Crippen molar-refractivity contribution in [3.05, 3.63) is 17.0 Å². The summed E-state index contributed by atoms with van der Waals surface area (Å²) in [4.78, 5) is 0.954.